The van der Waals surface area contributed by atoms with Gasteiger partial charge in [0.15, 0.2) is 6.04 Å². The summed E-state index contributed by atoms with van der Waals surface area (Å²) in [5.74, 6) is -1.26. The van der Waals surface area contributed by atoms with Crippen molar-refractivity contribution in [1.82, 2.24) is 5.32 Å². The van der Waals surface area contributed by atoms with Crippen molar-refractivity contribution >= 4 is 11.9 Å². The molecule has 27 heavy (non-hydrogen) atoms. The van der Waals surface area contributed by atoms with Crippen LogP contribution in [0.25, 0.3) is 0 Å². The number of fused-ring (bicyclic) bond motifs is 1. The van der Waals surface area contributed by atoms with Crippen LogP contribution in [0.5, 0.6) is 5.75 Å². The minimum absolute atomic E-state index is 0.147. The Hall–Kier alpha value is -3.03. The summed E-state index contributed by atoms with van der Waals surface area (Å²) in [7, 11) is 0. The lowest BCUT2D eigenvalue weighted by Crippen LogP contribution is -2.34. The number of carboxylic acids is 1. The number of hydrogen-bond donors (Lipinski definition) is 2. The van der Waals surface area contributed by atoms with Gasteiger partial charge in [-0.05, 0) is 34.9 Å². The van der Waals surface area contributed by atoms with E-state index in [0.29, 0.717) is 24.3 Å². The van der Waals surface area contributed by atoms with E-state index in [1.165, 1.54) is 12.1 Å². The largest absolute Gasteiger partial charge is 0.493 e. The highest BCUT2D eigenvalue weighted by atomic mass is 19.4. The molecule has 2 aromatic rings. The number of alkyl halides is 3. The van der Waals surface area contributed by atoms with Crippen LogP contribution in [0.15, 0.2) is 42.5 Å². The smallest absolute Gasteiger partial charge is 0.416 e. The molecule has 0 radical (unpaired) electrons. The Bertz CT molecular complexity index is 879. The summed E-state index contributed by atoms with van der Waals surface area (Å²) in [5.41, 5.74) is 0.519. The molecule has 1 heterocycles. The van der Waals surface area contributed by atoms with E-state index >= 15 is 0 Å². The first kappa shape index (κ1) is 18.8. The minimum Gasteiger partial charge on any atom is -0.493 e. The molecule has 1 atom stereocenters. The normalized spacial score (nSPS) is 14.2. The summed E-state index contributed by atoms with van der Waals surface area (Å²) in [6.07, 6.45) is -4.22. The molecule has 0 fully saturated rings. The van der Waals surface area contributed by atoms with Crippen molar-refractivity contribution in [2.75, 3.05) is 6.61 Å². The summed E-state index contributed by atoms with van der Waals surface area (Å²) in [4.78, 5) is 23.8. The van der Waals surface area contributed by atoms with Gasteiger partial charge in [-0.1, -0.05) is 24.3 Å². The Balaban J connectivity index is 1.74. The van der Waals surface area contributed by atoms with Crippen molar-refractivity contribution in [3.05, 3.63) is 64.7 Å². The molecule has 3 rings (SSSR count). The standard InChI is InChI=1S/C19H16F3NO4/c20-19(21,22)14-3-1-2-11(8-14)9-16(24)23-17(18(25)26)13-4-5-15-12(10-13)6-7-27-15/h1-5,8,10,17H,6-7,9H2,(H,23,24)(H,25,26). The second-order valence-electron chi connectivity index (χ2n) is 6.18. The van der Waals surface area contributed by atoms with E-state index in [1.54, 1.807) is 18.2 Å². The third-order valence-corrected chi connectivity index (χ3v) is 4.22. The molecule has 1 aliphatic heterocycles. The molecule has 1 amide bonds. The van der Waals surface area contributed by atoms with E-state index in [0.717, 1.165) is 17.7 Å². The molecule has 1 unspecified atom stereocenters. The molecular weight excluding hydrogens is 363 g/mol. The molecule has 0 aliphatic carbocycles. The molecular formula is C19H16F3NO4. The molecule has 0 saturated carbocycles. The Kier molecular flexibility index (Phi) is 5.07. The van der Waals surface area contributed by atoms with Crippen molar-refractivity contribution in [3.63, 3.8) is 0 Å². The molecule has 5 nitrogen and oxygen atoms in total. The van der Waals surface area contributed by atoms with Gasteiger partial charge in [-0.25, -0.2) is 4.79 Å². The van der Waals surface area contributed by atoms with Gasteiger partial charge in [0.1, 0.15) is 5.75 Å². The lowest BCUT2D eigenvalue weighted by molar-refractivity contribution is -0.142. The maximum absolute atomic E-state index is 12.8. The molecule has 2 N–H and O–H groups in total. The Labute approximate surface area is 152 Å². The van der Waals surface area contributed by atoms with Crippen LogP contribution in [-0.2, 0) is 28.6 Å². The van der Waals surface area contributed by atoms with Crippen molar-refractivity contribution in [3.8, 4) is 5.75 Å². The van der Waals surface area contributed by atoms with E-state index in [2.05, 4.69) is 5.32 Å². The number of benzene rings is 2. The zero-order chi connectivity index (χ0) is 19.6. The van der Waals surface area contributed by atoms with Crippen molar-refractivity contribution in [2.24, 2.45) is 0 Å². The van der Waals surface area contributed by atoms with E-state index < -0.39 is 29.7 Å². The van der Waals surface area contributed by atoms with Crippen molar-refractivity contribution in [2.45, 2.75) is 25.1 Å². The molecule has 0 aromatic heterocycles. The minimum atomic E-state index is -4.51. The third kappa shape index (κ3) is 4.39. The molecule has 2 aromatic carbocycles. The zero-order valence-corrected chi connectivity index (χ0v) is 14.0. The molecule has 142 valence electrons. The maximum atomic E-state index is 12.8. The van der Waals surface area contributed by atoms with Gasteiger partial charge in [-0.2, -0.15) is 13.2 Å². The van der Waals surface area contributed by atoms with Crippen LogP contribution in [0.2, 0.25) is 0 Å². The lowest BCUT2D eigenvalue weighted by atomic mass is 10.0. The Morgan fingerprint density at radius 2 is 1.96 bits per heavy atom. The number of halogens is 3. The third-order valence-electron chi connectivity index (χ3n) is 4.22. The number of hydrogen-bond acceptors (Lipinski definition) is 3. The quantitative estimate of drug-likeness (QED) is 0.837. The van der Waals surface area contributed by atoms with Crippen LogP contribution in [-0.4, -0.2) is 23.6 Å². The van der Waals surface area contributed by atoms with Crippen LogP contribution in [0, 0.1) is 0 Å². The monoisotopic (exact) mass is 379 g/mol. The van der Waals surface area contributed by atoms with E-state index in [4.69, 9.17) is 4.74 Å². The number of nitrogens with one attached hydrogen (secondary N) is 1. The second kappa shape index (κ2) is 7.30. The summed E-state index contributed by atoms with van der Waals surface area (Å²) < 4.78 is 43.7. The maximum Gasteiger partial charge on any atom is 0.416 e. The predicted molar refractivity (Wildman–Crippen MR) is 89.3 cm³/mol. The van der Waals surface area contributed by atoms with Crippen LogP contribution in [0.1, 0.15) is 28.3 Å². The highest BCUT2D eigenvalue weighted by Crippen LogP contribution is 2.30. The van der Waals surface area contributed by atoms with Gasteiger partial charge in [-0.15, -0.1) is 0 Å². The van der Waals surface area contributed by atoms with Gasteiger partial charge in [0.25, 0.3) is 0 Å². The summed E-state index contributed by atoms with van der Waals surface area (Å²) in [5, 5.41) is 11.8. The first-order valence-electron chi connectivity index (χ1n) is 8.18. The number of carbonyl (C=O) groups excluding carboxylic acids is 1. The van der Waals surface area contributed by atoms with Gasteiger partial charge in [-0.3, -0.25) is 4.79 Å². The molecule has 0 bridgehead atoms. The van der Waals surface area contributed by atoms with E-state index in [-0.39, 0.29) is 12.0 Å². The Morgan fingerprint density at radius 1 is 1.19 bits per heavy atom. The number of carboxylic acid groups (broad SMARTS) is 1. The fraction of sp³-hybridized carbons (Fsp3) is 0.263. The van der Waals surface area contributed by atoms with Crippen LogP contribution < -0.4 is 10.1 Å². The number of amides is 1. The first-order valence-corrected chi connectivity index (χ1v) is 8.18. The van der Waals surface area contributed by atoms with Crippen molar-refractivity contribution in [1.29, 1.82) is 0 Å². The van der Waals surface area contributed by atoms with E-state index in [1.807, 2.05) is 0 Å². The highest BCUT2D eigenvalue weighted by molar-refractivity contribution is 5.85. The average Bonchev–Trinajstić information content (AvgIpc) is 3.06. The van der Waals surface area contributed by atoms with Gasteiger partial charge in [0.2, 0.25) is 5.91 Å². The van der Waals surface area contributed by atoms with Gasteiger partial charge in [0.05, 0.1) is 18.6 Å². The number of rotatable bonds is 5. The fourth-order valence-electron chi connectivity index (χ4n) is 2.93. The summed E-state index contributed by atoms with van der Waals surface area (Å²) in [6, 6.07) is 7.94. The van der Waals surface area contributed by atoms with E-state index in [9.17, 15) is 27.9 Å². The molecule has 1 aliphatic rings. The zero-order valence-electron chi connectivity index (χ0n) is 14.0. The molecule has 0 saturated heterocycles. The molecule has 8 heteroatoms. The van der Waals surface area contributed by atoms with Crippen LogP contribution in [0.3, 0.4) is 0 Å². The van der Waals surface area contributed by atoms with Crippen molar-refractivity contribution < 1.29 is 32.6 Å². The van der Waals surface area contributed by atoms with Crippen LogP contribution >= 0.6 is 0 Å². The Morgan fingerprint density at radius 3 is 2.67 bits per heavy atom. The fourth-order valence-corrected chi connectivity index (χ4v) is 2.93. The summed E-state index contributed by atoms with van der Waals surface area (Å²) >= 11 is 0. The predicted octanol–water partition coefficient (Wildman–Crippen LogP) is 3.12. The number of aliphatic carboxylic acids is 1. The summed E-state index contributed by atoms with van der Waals surface area (Å²) in [6.45, 7) is 0.512. The SMILES string of the molecule is O=C(Cc1cccc(C(F)(F)F)c1)NC(C(=O)O)c1ccc2c(c1)CCO2. The van der Waals surface area contributed by atoms with Gasteiger partial charge < -0.3 is 15.2 Å². The lowest BCUT2D eigenvalue weighted by Gasteiger charge is -2.16. The second-order valence-corrected chi connectivity index (χ2v) is 6.18. The van der Waals surface area contributed by atoms with Gasteiger partial charge >= 0.3 is 12.1 Å². The van der Waals surface area contributed by atoms with Gasteiger partial charge in [0, 0.05) is 6.42 Å². The number of ether oxygens (including phenoxy) is 1. The average molecular weight is 379 g/mol. The van der Waals surface area contributed by atoms with Crippen LogP contribution in [0.4, 0.5) is 13.2 Å². The first-order chi connectivity index (χ1) is 12.7. The topological polar surface area (TPSA) is 75.6 Å². The highest BCUT2D eigenvalue weighted by Gasteiger charge is 2.30. The molecule has 0 spiro atoms. The number of carbonyl (C=O) groups is 2.